The van der Waals surface area contributed by atoms with Crippen molar-refractivity contribution < 1.29 is 19.2 Å². The van der Waals surface area contributed by atoms with E-state index in [1.807, 2.05) is 6.92 Å². The fraction of sp³-hybridized carbons (Fsp3) is 0.474. The van der Waals surface area contributed by atoms with E-state index < -0.39 is 41.1 Å². The number of benzene rings is 1. The summed E-state index contributed by atoms with van der Waals surface area (Å²) in [5, 5.41) is 6.31. The van der Waals surface area contributed by atoms with Crippen molar-refractivity contribution in [3.05, 3.63) is 28.8 Å². The lowest BCUT2D eigenvalue weighted by Gasteiger charge is -2.31. The summed E-state index contributed by atoms with van der Waals surface area (Å²) in [6.07, 6.45) is 0.436. The Balaban J connectivity index is 1.90. The highest BCUT2D eigenvalue weighted by molar-refractivity contribution is 6.31. The van der Waals surface area contributed by atoms with E-state index in [9.17, 15) is 19.2 Å². The zero-order valence-electron chi connectivity index (χ0n) is 15.5. The first-order chi connectivity index (χ1) is 13.2. The maximum absolute atomic E-state index is 13.4. The molecule has 1 spiro atoms. The number of nitrogens with zero attached hydrogens (tertiary/aromatic N) is 1. The van der Waals surface area contributed by atoms with E-state index in [0.717, 1.165) is 0 Å². The Kier molecular flexibility index (Phi) is 4.24. The van der Waals surface area contributed by atoms with Gasteiger partial charge in [-0.05, 0) is 31.5 Å². The van der Waals surface area contributed by atoms with Crippen LogP contribution in [0, 0.1) is 11.8 Å². The number of likely N-dealkylation sites (tertiary alicyclic amines) is 1. The Labute approximate surface area is 166 Å². The number of hydrogen-bond acceptors (Lipinski definition) is 5. The zero-order valence-corrected chi connectivity index (χ0v) is 16.2. The second kappa shape index (κ2) is 6.28. The molecule has 3 heterocycles. The molecule has 2 saturated heterocycles. The van der Waals surface area contributed by atoms with Crippen molar-refractivity contribution in [2.24, 2.45) is 17.6 Å². The van der Waals surface area contributed by atoms with Crippen molar-refractivity contribution in [1.29, 1.82) is 0 Å². The highest BCUT2D eigenvalue weighted by Crippen LogP contribution is 2.54. The van der Waals surface area contributed by atoms with E-state index in [-0.39, 0.29) is 18.4 Å². The number of halogens is 1. The number of hydrogen-bond donors (Lipinski definition) is 3. The molecule has 4 N–H and O–H groups in total. The molecule has 0 bridgehead atoms. The van der Waals surface area contributed by atoms with Gasteiger partial charge in [0, 0.05) is 34.8 Å². The molecule has 0 aliphatic carbocycles. The van der Waals surface area contributed by atoms with Crippen LogP contribution in [0.2, 0.25) is 5.02 Å². The number of fused-ring (bicyclic) bond motifs is 4. The number of rotatable bonds is 4. The normalized spacial score (nSPS) is 31.9. The quantitative estimate of drug-likeness (QED) is 0.639. The molecule has 28 heavy (non-hydrogen) atoms. The SMILES string of the molecule is CC[C@@H](C)N1C(=O)[C@@H]2[C@H](CC(N)=O)N[C@@]3(C(=O)Nc4ccc(Cl)cc43)[C@@H]2C1=O. The average Bonchev–Trinajstić information content (AvgIpc) is 3.20. The van der Waals surface area contributed by atoms with Crippen LogP contribution in [0.3, 0.4) is 0 Å². The number of nitrogens with two attached hydrogens (primary N) is 1. The fourth-order valence-electron chi connectivity index (χ4n) is 4.80. The third kappa shape index (κ3) is 2.34. The largest absolute Gasteiger partial charge is 0.370 e. The third-order valence-corrected chi connectivity index (χ3v) is 6.40. The van der Waals surface area contributed by atoms with Gasteiger partial charge in [-0.3, -0.25) is 29.4 Å². The minimum Gasteiger partial charge on any atom is -0.370 e. The first-order valence-corrected chi connectivity index (χ1v) is 9.64. The molecule has 5 atom stereocenters. The highest BCUT2D eigenvalue weighted by Gasteiger charge is 2.70. The highest BCUT2D eigenvalue weighted by atomic mass is 35.5. The molecular weight excluding hydrogens is 384 g/mol. The molecule has 148 valence electrons. The van der Waals surface area contributed by atoms with Crippen molar-refractivity contribution in [1.82, 2.24) is 10.2 Å². The summed E-state index contributed by atoms with van der Waals surface area (Å²) in [4.78, 5) is 52.5. The summed E-state index contributed by atoms with van der Waals surface area (Å²) in [5.41, 5.74) is 4.97. The first-order valence-electron chi connectivity index (χ1n) is 9.26. The molecule has 2 fully saturated rings. The van der Waals surface area contributed by atoms with Gasteiger partial charge in [0.2, 0.25) is 23.6 Å². The number of nitrogens with one attached hydrogen (secondary N) is 2. The second-order valence-corrected chi connectivity index (χ2v) is 8.12. The van der Waals surface area contributed by atoms with Gasteiger partial charge in [0.15, 0.2) is 0 Å². The Bertz CT molecular complexity index is 919. The summed E-state index contributed by atoms with van der Waals surface area (Å²) in [5.74, 6) is -3.63. The van der Waals surface area contributed by atoms with E-state index >= 15 is 0 Å². The topological polar surface area (TPSA) is 122 Å². The van der Waals surface area contributed by atoms with Gasteiger partial charge < -0.3 is 11.1 Å². The maximum atomic E-state index is 13.4. The van der Waals surface area contributed by atoms with E-state index in [4.69, 9.17) is 17.3 Å². The third-order valence-electron chi connectivity index (χ3n) is 6.16. The van der Waals surface area contributed by atoms with Crippen molar-refractivity contribution in [2.75, 3.05) is 5.32 Å². The molecule has 1 aromatic rings. The molecule has 9 heteroatoms. The number of imide groups is 1. The monoisotopic (exact) mass is 404 g/mol. The van der Waals surface area contributed by atoms with Gasteiger partial charge in [0.1, 0.15) is 5.54 Å². The van der Waals surface area contributed by atoms with Crippen molar-refractivity contribution in [3.63, 3.8) is 0 Å². The van der Waals surface area contributed by atoms with Gasteiger partial charge in [-0.1, -0.05) is 18.5 Å². The Hall–Kier alpha value is -2.45. The molecule has 1 aromatic carbocycles. The minimum atomic E-state index is -1.46. The minimum absolute atomic E-state index is 0.153. The number of primary amides is 1. The maximum Gasteiger partial charge on any atom is 0.250 e. The van der Waals surface area contributed by atoms with Gasteiger partial charge in [-0.25, -0.2) is 0 Å². The van der Waals surface area contributed by atoms with Gasteiger partial charge in [-0.15, -0.1) is 0 Å². The van der Waals surface area contributed by atoms with Crippen LogP contribution < -0.4 is 16.4 Å². The van der Waals surface area contributed by atoms with Crippen molar-refractivity contribution in [2.45, 2.75) is 44.3 Å². The van der Waals surface area contributed by atoms with Crippen LogP contribution in [0.1, 0.15) is 32.3 Å². The Morgan fingerprint density at radius 2 is 2.04 bits per heavy atom. The lowest BCUT2D eigenvalue weighted by Crippen LogP contribution is -2.54. The lowest BCUT2D eigenvalue weighted by atomic mass is 9.76. The van der Waals surface area contributed by atoms with Crippen LogP contribution in [0.5, 0.6) is 0 Å². The number of carbonyl (C=O) groups is 4. The second-order valence-electron chi connectivity index (χ2n) is 7.68. The molecule has 3 aliphatic rings. The van der Waals surface area contributed by atoms with Crippen LogP contribution >= 0.6 is 11.6 Å². The molecule has 3 aliphatic heterocycles. The predicted octanol–water partition coefficient (Wildman–Crippen LogP) is 0.734. The molecule has 0 saturated carbocycles. The Morgan fingerprint density at radius 3 is 2.68 bits per heavy atom. The summed E-state index contributed by atoms with van der Waals surface area (Å²) in [6.45, 7) is 3.67. The van der Waals surface area contributed by atoms with Gasteiger partial charge in [-0.2, -0.15) is 0 Å². The molecule has 4 rings (SSSR count). The summed E-state index contributed by atoms with van der Waals surface area (Å²) in [7, 11) is 0. The van der Waals surface area contributed by atoms with Crippen LogP contribution in [-0.2, 0) is 24.7 Å². The van der Waals surface area contributed by atoms with Crippen LogP contribution in [-0.4, -0.2) is 40.6 Å². The first kappa shape index (κ1) is 18.9. The van der Waals surface area contributed by atoms with E-state index in [2.05, 4.69) is 10.6 Å². The van der Waals surface area contributed by atoms with E-state index in [1.165, 1.54) is 4.90 Å². The van der Waals surface area contributed by atoms with Gasteiger partial charge in [0.05, 0.1) is 11.8 Å². The lowest BCUT2D eigenvalue weighted by molar-refractivity contribution is -0.145. The van der Waals surface area contributed by atoms with Gasteiger partial charge >= 0.3 is 0 Å². The molecule has 0 unspecified atom stereocenters. The predicted molar refractivity (Wildman–Crippen MR) is 101 cm³/mol. The number of carbonyl (C=O) groups excluding carboxylic acids is 4. The Morgan fingerprint density at radius 1 is 1.32 bits per heavy atom. The molecule has 0 radical (unpaired) electrons. The zero-order chi connectivity index (χ0) is 20.4. The van der Waals surface area contributed by atoms with Gasteiger partial charge in [0.25, 0.3) is 0 Å². The average molecular weight is 405 g/mol. The van der Waals surface area contributed by atoms with Crippen LogP contribution in [0.15, 0.2) is 18.2 Å². The number of anilines is 1. The molecule has 0 aromatic heterocycles. The molecule has 8 nitrogen and oxygen atoms in total. The van der Waals surface area contributed by atoms with E-state index in [0.29, 0.717) is 22.7 Å². The summed E-state index contributed by atoms with van der Waals surface area (Å²) >= 11 is 6.16. The van der Waals surface area contributed by atoms with Crippen molar-refractivity contribution >= 4 is 40.9 Å². The van der Waals surface area contributed by atoms with Crippen LogP contribution in [0.25, 0.3) is 0 Å². The summed E-state index contributed by atoms with van der Waals surface area (Å²) in [6, 6.07) is 3.90. The summed E-state index contributed by atoms with van der Waals surface area (Å²) < 4.78 is 0. The molecular formula is C19H21ClN4O4. The van der Waals surface area contributed by atoms with Crippen molar-refractivity contribution in [3.8, 4) is 0 Å². The standard InChI is InChI=1S/C19H21ClN4O4/c1-3-8(2)24-16(26)14-12(7-13(21)25)23-19(15(14)17(24)27)10-6-9(20)4-5-11(10)22-18(19)28/h4-6,8,12,14-15,23H,3,7H2,1-2H3,(H2,21,25)(H,22,28)/t8-,12+,14-,15+,19-/m1/s1. The smallest absolute Gasteiger partial charge is 0.250 e. The van der Waals surface area contributed by atoms with Crippen LogP contribution in [0.4, 0.5) is 5.69 Å². The van der Waals surface area contributed by atoms with E-state index in [1.54, 1.807) is 25.1 Å². The molecule has 4 amide bonds. The number of amides is 4. The fourth-order valence-corrected chi connectivity index (χ4v) is 4.98.